The van der Waals surface area contributed by atoms with Crippen molar-refractivity contribution in [3.05, 3.63) is 117 Å². The quantitative estimate of drug-likeness (QED) is 0.0740. The summed E-state index contributed by atoms with van der Waals surface area (Å²) in [6.07, 6.45) is 8.81. The molecular weight excluding hydrogens is 520 g/mol. The summed E-state index contributed by atoms with van der Waals surface area (Å²) in [4.78, 5) is 37.0. The number of nitrogens with zero attached hydrogens (tertiary/aromatic N) is 3. The van der Waals surface area contributed by atoms with Crippen LogP contribution in [0.2, 0.25) is 0 Å². The Kier molecular flexibility index (Phi) is 8.00. The standard InChI is InChI=1S/C31H28N6O4/c1-20(38)33-16-2-3-21-4-9-23(10-5-21)30(29-27-17-26(37(40)41)14-15-28(27)36-31(29)39)35-24-11-6-22(7-12-24)8-13-25-18-32-19-34-25/h4-15,17-19,36,39H,2-3,16H2,1H3,(H,32,34)(H,33,38)/b13-8+,35-30?. The van der Waals surface area contributed by atoms with Crippen molar-refractivity contribution in [2.45, 2.75) is 19.8 Å². The molecule has 2 aromatic heterocycles. The van der Waals surface area contributed by atoms with Crippen LogP contribution in [-0.2, 0) is 11.2 Å². The van der Waals surface area contributed by atoms with Crippen molar-refractivity contribution in [2.75, 3.05) is 6.54 Å². The van der Waals surface area contributed by atoms with Crippen LogP contribution in [0.1, 0.15) is 41.3 Å². The molecule has 206 valence electrons. The maximum Gasteiger partial charge on any atom is 0.270 e. The minimum Gasteiger partial charge on any atom is -0.494 e. The second-order valence-electron chi connectivity index (χ2n) is 9.51. The van der Waals surface area contributed by atoms with Crippen molar-refractivity contribution < 1.29 is 14.8 Å². The Morgan fingerprint density at radius 2 is 1.88 bits per heavy atom. The molecule has 3 aromatic carbocycles. The molecule has 0 atom stereocenters. The van der Waals surface area contributed by atoms with Gasteiger partial charge in [0.2, 0.25) is 5.91 Å². The molecule has 2 heterocycles. The number of amides is 1. The molecule has 0 radical (unpaired) electrons. The second-order valence-corrected chi connectivity index (χ2v) is 9.51. The molecular formula is C31H28N6O4. The number of non-ortho nitro benzene ring substituents is 1. The van der Waals surface area contributed by atoms with Gasteiger partial charge in [0.1, 0.15) is 0 Å². The third-order valence-corrected chi connectivity index (χ3v) is 6.56. The number of carbonyl (C=O) groups is 1. The Labute approximate surface area is 235 Å². The number of benzene rings is 3. The Morgan fingerprint density at radius 3 is 2.56 bits per heavy atom. The molecule has 0 aliphatic heterocycles. The number of hydrogen-bond acceptors (Lipinski definition) is 6. The highest BCUT2D eigenvalue weighted by Crippen LogP contribution is 2.34. The normalized spacial score (nSPS) is 11.8. The minimum absolute atomic E-state index is 0.0538. The zero-order valence-electron chi connectivity index (χ0n) is 22.3. The zero-order valence-corrected chi connectivity index (χ0v) is 22.3. The maximum atomic E-state index is 11.5. The van der Waals surface area contributed by atoms with Gasteiger partial charge >= 0.3 is 0 Å². The molecule has 0 fully saturated rings. The van der Waals surface area contributed by atoms with E-state index in [-0.39, 0.29) is 17.5 Å². The fraction of sp³-hybridized carbons (Fsp3) is 0.129. The van der Waals surface area contributed by atoms with Gasteiger partial charge in [0.15, 0.2) is 5.88 Å². The van der Waals surface area contributed by atoms with E-state index in [1.807, 2.05) is 60.7 Å². The monoisotopic (exact) mass is 548 g/mol. The number of aliphatic imine (C=N–C) groups is 1. The van der Waals surface area contributed by atoms with Gasteiger partial charge in [-0.25, -0.2) is 9.98 Å². The van der Waals surface area contributed by atoms with Crippen LogP contribution in [-0.4, -0.2) is 43.1 Å². The SMILES string of the molecule is CC(=O)NCCCc1ccc(C(=Nc2ccc(/C=C/c3cnc[nH]3)cc2)c2c(O)[nH]c3ccc([N+](=O)[O-])cc23)cc1. The van der Waals surface area contributed by atoms with E-state index in [1.54, 1.807) is 18.6 Å². The summed E-state index contributed by atoms with van der Waals surface area (Å²) in [7, 11) is 0. The molecule has 5 rings (SSSR count). The van der Waals surface area contributed by atoms with Gasteiger partial charge in [-0.15, -0.1) is 0 Å². The Hall–Kier alpha value is -5.51. The number of H-pyrrole nitrogens is 2. The van der Waals surface area contributed by atoms with E-state index in [9.17, 15) is 20.0 Å². The van der Waals surface area contributed by atoms with Crippen molar-refractivity contribution in [3.8, 4) is 5.88 Å². The van der Waals surface area contributed by atoms with E-state index in [1.165, 1.54) is 19.1 Å². The van der Waals surface area contributed by atoms with Crippen LogP contribution in [0.4, 0.5) is 11.4 Å². The summed E-state index contributed by atoms with van der Waals surface area (Å²) in [5.74, 6) is -0.181. The molecule has 0 aliphatic rings. The van der Waals surface area contributed by atoms with Crippen molar-refractivity contribution in [3.63, 3.8) is 0 Å². The van der Waals surface area contributed by atoms with Crippen molar-refractivity contribution in [1.82, 2.24) is 20.3 Å². The lowest BCUT2D eigenvalue weighted by atomic mass is 9.98. The molecule has 0 spiro atoms. The predicted molar refractivity (Wildman–Crippen MR) is 159 cm³/mol. The van der Waals surface area contributed by atoms with E-state index in [2.05, 4.69) is 20.3 Å². The molecule has 0 unspecified atom stereocenters. The van der Waals surface area contributed by atoms with Gasteiger partial charge in [0, 0.05) is 42.1 Å². The molecule has 10 heteroatoms. The van der Waals surface area contributed by atoms with Crippen molar-refractivity contribution >= 4 is 46.0 Å². The fourth-order valence-electron chi connectivity index (χ4n) is 4.50. The topological polar surface area (TPSA) is 149 Å². The number of nitro benzene ring substituents is 1. The van der Waals surface area contributed by atoms with Gasteiger partial charge in [0.05, 0.1) is 40.1 Å². The number of nitro groups is 1. The van der Waals surface area contributed by atoms with Crippen LogP contribution in [0.25, 0.3) is 23.1 Å². The number of imidazole rings is 1. The zero-order chi connectivity index (χ0) is 28.8. The highest BCUT2D eigenvalue weighted by molar-refractivity contribution is 6.22. The smallest absolute Gasteiger partial charge is 0.270 e. The number of hydrogen-bond donors (Lipinski definition) is 4. The summed E-state index contributed by atoms with van der Waals surface area (Å²) in [5.41, 5.74) is 5.66. The first-order chi connectivity index (χ1) is 19.9. The number of aryl methyl sites for hydroxylation is 1. The molecule has 5 aromatic rings. The van der Waals surface area contributed by atoms with Crippen LogP contribution >= 0.6 is 0 Å². The third-order valence-electron chi connectivity index (χ3n) is 6.56. The minimum atomic E-state index is -0.463. The second kappa shape index (κ2) is 12.1. The van der Waals surface area contributed by atoms with Crippen LogP contribution < -0.4 is 5.32 Å². The van der Waals surface area contributed by atoms with Crippen LogP contribution in [0.15, 0.2) is 84.2 Å². The predicted octanol–water partition coefficient (Wildman–Crippen LogP) is 5.91. The van der Waals surface area contributed by atoms with E-state index < -0.39 is 4.92 Å². The number of aromatic amines is 2. The molecule has 4 N–H and O–H groups in total. The Morgan fingerprint density at radius 1 is 1.10 bits per heavy atom. The van der Waals surface area contributed by atoms with Crippen LogP contribution in [0.3, 0.4) is 0 Å². The lowest BCUT2D eigenvalue weighted by Gasteiger charge is -2.10. The number of carbonyl (C=O) groups excluding carboxylic acids is 1. The van der Waals surface area contributed by atoms with E-state index in [0.717, 1.165) is 35.2 Å². The first-order valence-corrected chi connectivity index (χ1v) is 13.1. The van der Waals surface area contributed by atoms with Gasteiger partial charge in [0.25, 0.3) is 5.69 Å². The number of aromatic nitrogens is 3. The average molecular weight is 549 g/mol. The van der Waals surface area contributed by atoms with Gasteiger partial charge in [-0.1, -0.05) is 42.5 Å². The first-order valence-electron chi connectivity index (χ1n) is 13.1. The molecule has 0 aliphatic carbocycles. The first kappa shape index (κ1) is 27.1. The van der Waals surface area contributed by atoms with Crippen LogP contribution in [0, 0.1) is 10.1 Å². The van der Waals surface area contributed by atoms with E-state index in [0.29, 0.717) is 34.4 Å². The molecule has 1 amide bonds. The van der Waals surface area contributed by atoms with Crippen molar-refractivity contribution in [2.24, 2.45) is 4.99 Å². The number of rotatable bonds is 10. The van der Waals surface area contributed by atoms with Gasteiger partial charge in [-0.3, -0.25) is 14.9 Å². The van der Waals surface area contributed by atoms with E-state index >= 15 is 0 Å². The molecule has 10 nitrogen and oxygen atoms in total. The number of nitrogens with one attached hydrogen (secondary N) is 3. The molecule has 0 bridgehead atoms. The molecule has 41 heavy (non-hydrogen) atoms. The largest absolute Gasteiger partial charge is 0.494 e. The summed E-state index contributed by atoms with van der Waals surface area (Å²) in [6.45, 7) is 2.09. The van der Waals surface area contributed by atoms with Gasteiger partial charge in [-0.2, -0.15) is 0 Å². The summed E-state index contributed by atoms with van der Waals surface area (Å²) in [5, 5.41) is 25.8. The average Bonchev–Trinajstić information content (AvgIpc) is 3.60. The molecule has 0 saturated carbocycles. The Bertz CT molecular complexity index is 1730. The highest BCUT2D eigenvalue weighted by atomic mass is 16.6. The third kappa shape index (κ3) is 6.56. The van der Waals surface area contributed by atoms with Gasteiger partial charge < -0.3 is 20.4 Å². The van der Waals surface area contributed by atoms with Crippen LogP contribution in [0.5, 0.6) is 5.88 Å². The Balaban J connectivity index is 1.52. The summed E-state index contributed by atoms with van der Waals surface area (Å²) < 4.78 is 0. The maximum absolute atomic E-state index is 11.5. The van der Waals surface area contributed by atoms with Crippen molar-refractivity contribution in [1.29, 1.82) is 0 Å². The highest BCUT2D eigenvalue weighted by Gasteiger charge is 2.21. The summed E-state index contributed by atoms with van der Waals surface area (Å²) >= 11 is 0. The summed E-state index contributed by atoms with van der Waals surface area (Å²) in [6, 6.07) is 19.8. The number of fused-ring (bicyclic) bond motifs is 1. The fourth-order valence-corrected chi connectivity index (χ4v) is 4.50. The lowest BCUT2D eigenvalue weighted by molar-refractivity contribution is -0.384. The molecule has 0 saturated heterocycles. The van der Waals surface area contributed by atoms with Gasteiger partial charge in [-0.05, 0) is 48.2 Å². The number of aromatic hydroxyl groups is 1. The lowest BCUT2D eigenvalue weighted by Crippen LogP contribution is -2.21. The van der Waals surface area contributed by atoms with E-state index in [4.69, 9.17) is 4.99 Å².